The van der Waals surface area contributed by atoms with Gasteiger partial charge in [0.05, 0.1) is 0 Å². The van der Waals surface area contributed by atoms with Crippen LogP contribution in [0, 0.1) is 10.7 Å². The van der Waals surface area contributed by atoms with E-state index in [0.717, 1.165) is 16.5 Å². The summed E-state index contributed by atoms with van der Waals surface area (Å²) in [5.41, 5.74) is 0. The molecular formula is C11H19N3S. The van der Waals surface area contributed by atoms with Gasteiger partial charge in [-0.05, 0) is 37.4 Å². The number of H-pyrrole nitrogens is 1. The number of aromatic nitrogens is 3. The maximum absolute atomic E-state index is 5.31. The largest absolute Gasteiger partial charge is 0.301 e. The summed E-state index contributed by atoms with van der Waals surface area (Å²) in [7, 11) is 0. The Morgan fingerprint density at radius 2 is 2.20 bits per heavy atom. The fourth-order valence-electron chi connectivity index (χ4n) is 2.49. The summed E-state index contributed by atoms with van der Waals surface area (Å²) in [5.74, 6) is 2.37. The first-order chi connectivity index (χ1) is 7.09. The van der Waals surface area contributed by atoms with Crippen molar-refractivity contribution >= 4 is 12.2 Å². The molecule has 1 aromatic heterocycles. The second-order valence-electron chi connectivity index (χ2n) is 4.98. The first-order valence-corrected chi connectivity index (χ1v) is 6.17. The maximum atomic E-state index is 5.31. The molecule has 0 spiro atoms. The van der Waals surface area contributed by atoms with Gasteiger partial charge in [-0.15, -0.1) is 0 Å². The van der Waals surface area contributed by atoms with Crippen LogP contribution in [0.5, 0.6) is 0 Å². The summed E-state index contributed by atoms with van der Waals surface area (Å²) in [5, 5.41) is 7.26. The van der Waals surface area contributed by atoms with Crippen molar-refractivity contribution < 1.29 is 0 Å². The zero-order valence-corrected chi connectivity index (χ0v) is 10.5. The Balaban J connectivity index is 2.34. The Hall–Kier alpha value is -0.640. The van der Waals surface area contributed by atoms with Gasteiger partial charge >= 0.3 is 0 Å². The van der Waals surface area contributed by atoms with E-state index in [1.807, 2.05) is 0 Å². The van der Waals surface area contributed by atoms with Gasteiger partial charge in [0.15, 0.2) is 4.77 Å². The molecule has 4 heteroatoms. The van der Waals surface area contributed by atoms with Crippen molar-refractivity contribution in [3.8, 4) is 0 Å². The Kier molecular flexibility index (Phi) is 2.96. The number of nitrogens with one attached hydrogen (secondary N) is 1. The van der Waals surface area contributed by atoms with Crippen LogP contribution in [0.15, 0.2) is 0 Å². The van der Waals surface area contributed by atoms with Gasteiger partial charge in [0, 0.05) is 12.0 Å². The van der Waals surface area contributed by atoms with Crippen LogP contribution >= 0.6 is 12.2 Å². The molecule has 0 saturated heterocycles. The Morgan fingerprint density at radius 3 is 2.73 bits per heavy atom. The Labute approximate surface area is 95.9 Å². The van der Waals surface area contributed by atoms with Crippen LogP contribution in [0.3, 0.4) is 0 Å². The highest BCUT2D eigenvalue weighted by Crippen LogP contribution is 2.35. The summed E-state index contributed by atoms with van der Waals surface area (Å²) < 4.78 is 3.03. The molecule has 2 rings (SSSR count). The van der Waals surface area contributed by atoms with Crippen molar-refractivity contribution in [3.63, 3.8) is 0 Å². The van der Waals surface area contributed by atoms with Crippen LogP contribution in [-0.2, 0) is 0 Å². The molecule has 0 aliphatic heterocycles. The fraction of sp³-hybridized carbons (Fsp3) is 0.818. The van der Waals surface area contributed by atoms with E-state index in [1.54, 1.807) is 0 Å². The van der Waals surface area contributed by atoms with Gasteiger partial charge in [-0.2, -0.15) is 5.10 Å². The minimum absolute atomic E-state index is 0.439. The van der Waals surface area contributed by atoms with Crippen molar-refractivity contribution in [1.29, 1.82) is 0 Å². The highest BCUT2D eigenvalue weighted by atomic mass is 32.1. The lowest BCUT2D eigenvalue weighted by Gasteiger charge is -2.15. The summed E-state index contributed by atoms with van der Waals surface area (Å²) in [6.07, 6.45) is 3.80. The molecule has 3 nitrogen and oxygen atoms in total. The van der Waals surface area contributed by atoms with Crippen molar-refractivity contribution in [2.45, 2.75) is 52.0 Å². The molecule has 1 aliphatic rings. The van der Waals surface area contributed by atoms with E-state index < -0.39 is 0 Å². The smallest absolute Gasteiger partial charge is 0.195 e. The maximum Gasteiger partial charge on any atom is 0.195 e. The summed E-state index contributed by atoms with van der Waals surface area (Å²) in [4.78, 5) is 0. The van der Waals surface area contributed by atoms with Crippen LogP contribution in [0.4, 0.5) is 0 Å². The van der Waals surface area contributed by atoms with Gasteiger partial charge in [0.2, 0.25) is 0 Å². The minimum atomic E-state index is 0.439. The van der Waals surface area contributed by atoms with Gasteiger partial charge in [-0.1, -0.05) is 20.8 Å². The minimum Gasteiger partial charge on any atom is -0.301 e. The molecule has 1 saturated carbocycles. The number of aromatic amines is 1. The Morgan fingerprint density at radius 1 is 1.47 bits per heavy atom. The molecule has 2 unspecified atom stereocenters. The van der Waals surface area contributed by atoms with Crippen molar-refractivity contribution in [2.24, 2.45) is 5.92 Å². The molecule has 0 amide bonds. The lowest BCUT2D eigenvalue weighted by atomic mass is 10.1. The molecule has 1 N–H and O–H groups in total. The number of hydrogen-bond acceptors (Lipinski definition) is 2. The summed E-state index contributed by atoms with van der Waals surface area (Å²) >= 11 is 5.31. The lowest BCUT2D eigenvalue weighted by molar-refractivity contribution is 0.464. The molecule has 84 valence electrons. The first-order valence-electron chi connectivity index (χ1n) is 5.76. The van der Waals surface area contributed by atoms with Crippen LogP contribution in [0.2, 0.25) is 0 Å². The average Bonchev–Trinajstić information content (AvgIpc) is 2.71. The van der Waals surface area contributed by atoms with Gasteiger partial charge in [-0.3, -0.25) is 5.10 Å². The number of rotatable bonds is 2. The van der Waals surface area contributed by atoms with Gasteiger partial charge in [0.1, 0.15) is 5.82 Å². The van der Waals surface area contributed by atoms with Crippen LogP contribution < -0.4 is 0 Å². The van der Waals surface area contributed by atoms with Crippen LogP contribution in [0.1, 0.15) is 57.8 Å². The van der Waals surface area contributed by atoms with E-state index >= 15 is 0 Å². The SMILES string of the molecule is CC1CCC(n2c(C(C)C)n[nH]c2=S)C1. The van der Waals surface area contributed by atoms with Crippen molar-refractivity contribution in [2.75, 3.05) is 0 Å². The molecular weight excluding hydrogens is 206 g/mol. The lowest BCUT2D eigenvalue weighted by Crippen LogP contribution is -2.11. The van der Waals surface area contributed by atoms with E-state index in [1.165, 1.54) is 19.3 Å². The van der Waals surface area contributed by atoms with Crippen molar-refractivity contribution in [1.82, 2.24) is 14.8 Å². The van der Waals surface area contributed by atoms with E-state index in [0.29, 0.717) is 12.0 Å². The fourth-order valence-corrected chi connectivity index (χ4v) is 2.78. The second-order valence-corrected chi connectivity index (χ2v) is 5.37. The van der Waals surface area contributed by atoms with Crippen LogP contribution in [0.25, 0.3) is 0 Å². The zero-order chi connectivity index (χ0) is 11.0. The normalized spacial score (nSPS) is 26.4. The monoisotopic (exact) mass is 225 g/mol. The predicted octanol–water partition coefficient (Wildman–Crippen LogP) is 3.43. The zero-order valence-electron chi connectivity index (χ0n) is 9.66. The third-order valence-corrected chi connectivity index (χ3v) is 3.57. The average molecular weight is 225 g/mol. The molecule has 1 fully saturated rings. The van der Waals surface area contributed by atoms with Crippen molar-refractivity contribution in [3.05, 3.63) is 10.6 Å². The van der Waals surface area contributed by atoms with Gasteiger partial charge in [0.25, 0.3) is 0 Å². The van der Waals surface area contributed by atoms with E-state index in [2.05, 4.69) is 35.5 Å². The van der Waals surface area contributed by atoms with Gasteiger partial charge < -0.3 is 4.57 Å². The van der Waals surface area contributed by atoms with Crippen LogP contribution in [-0.4, -0.2) is 14.8 Å². The third-order valence-electron chi connectivity index (χ3n) is 3.28. The second kappa shape index (κ2) is 4.08. The molecule has 0 bridgehead atoms. The van der Waals surface area contributed by atoms with E-state index in [9.17, 15) is 0 Å². The number of nitrogens with zero attached hydrogens (tertiary/aromatic N) is 2. The molecule has 15 heavy (non-hydrogen) atoms. The standard InChI is InChI=1S/C11H19N3S/c1-7(2)10-12-13-11(15)14(10)9-5-4-8(3)6-9/h7-9H,4-6H2,1-3H3,(H,13,15). The van der Waals surface area contributed by atoms with Gasteiger partial charge in [-0.25, -0.2) is 0 Å². The predicted molar refractivity (Wildman–Crippen MR) is 63.6 cm³/mol. The molecule has 0 radical (unpaired) electrons. The summed E-state index contributed by atoms with van der Waals surface area (Å²) in [6, 6.07) is 0.573. The highest BCUT2D eigenvalue weighted by molar-refractivity contribution is 7.71. The molecule has 2 atom stereocenters. The quantitative estimate of drug-likeness (QED) is 0.782. The molecule has 0 aromatic carbocycles. The first kappa shape index (κ1) is 10.9. The van der Waals surface area contributed by atoms with E-state index in [-0.39, 0.29) is 0 Å². The topological polar surface area (TPSA) is 33.6 Å². The molecule has 1 aromatic rings. The summed E-state index contributed by atoms with van der Waals surface area (Å²) in [6.45, 7) is 6.65. The molecule has 1 heterocycles. The van der Waals surface area contributed by atoms with E-state index in [4.69, 9.17) is 12.2 Å². The highest BCUT2D eigenvalue weighted by Gasteiger charge is 2.26. The number of hydrogen-bond donors (Lipinski definition) is 1. The molecule has 1 aliphatic carbocycles. The third kappa shape index (κ3) is 2.00. The Bertz CT molecular complexity index is 391.